The first kappa shape index (κ1) is 11.3. The minimum absolute atomic E-state index is 0.291. The van der Waals surface area contributed by atoms with Gasteiger partial charge in [0.15, 0.2) is 0 Å². The summed E-state index contributed by atoms with van der Waals surface area (Å²) >= 11 is 0. The molecule has 1 aromatic heterocycles. The molecule has 2 aliphatic rings. The Morgan fingerprint density at radius 2 is 1.82 bits per heavy atom. The van der Waals surface area contributed by atoms with E-state index in [2.05, 4.69) is 32.8 Å². The number of nitrogens with zero attached hydrogens (tertiary/aromatic N) is 2. The maximum absolute atomic E-state index is 5.97. The second-order valence-corrected chi connectivity index (χ2v) is 6.04. The lowest BCUT2D eigenvalue weighted by Gasteiger charge is -2.32. The molecule has 0 radical (unpaired) electrons. The highest BCUT2D eigenvalue weighted by atomic mass is 16.7. The molecule has 17 heavy (non-hydrogen) atoms. The zero-order valence-electron chi connectivity index (χ0n) is 10.9. The zero-order chi connectivity index (χ0) is 12.3. The lowest BCUT2D eigenvalue weighted by molar-refractivity contribution is 0.00578. The molecule has 0 N–H and O–H groups in total. The summed E-state index contributed by atoms with van der Waals surface area (Å²) in [5, 5.41) is 4.55. The van der Waals surface area contributed by atoms with Gasteiger partial charge in [-0.15, -0.1) is 0 Å². The van der Waals surface area contributed by atoms with Gasteiger partial charge in [-0.3, -0.25) is 4.68 Å². The van der Waals surface area contributed by atoms with Crippen LogP contribution in [0, 0.1) is 0 Å². The Balaban J connectivity index is 1.81. The van der Waals surface area contributed by atoms with Crippen molar-refractivity contribution in [1.82, 2.24) is 9.78 Å². The Labute approximate surface area is 102 Å². The molecule has 0 atom stereocenters. The van der Waals surface area contributed by atoms with E-state index in [9.17, 15) is 0 Å². The van der Waals surface area contributed by atoms with Crippen molar-refractivity contribution < 1.29 is 9.31 Å². The molecule has 1 saturated heterocycles. The van der Waals surface area contributed by atoms with Gasteiger partial charge < -0.3 is 9.31 Å². The summed E-state index contributed by atoms with van der Waals surface area (Å²) in [7, 11) is -0.333. The number of rotatable bonds is 2. The Morgan fingerprint density at radius 3 is 2.35 bits per heavy atom. The molecule has 0 unspecified atom stereocenters. The Bertz CT molecular complexity index is 421. The first-order valence-electron chi connectivity index (χ1n) is 6.30. The summed E-state index contributed by atoms with van der Waals surface area (Å²) in [6, 6.07) is 2.60. The molecule has 0 aromatic carbocycles. The topological polar surface area (TPSA) is 36.3 Å². The normalized spacial score (nSPS) is 26.5. The first-order valence-corrected chi connectivity index (χ1v) is 6.30. The van der Waals surface area contributed by atoms with Crippen molar-refractivity contribution in [2.75, 3.05) is 0 Å². The van der Waals surface area contributed by atoms with Gasteiger partial charge in [-0.05, 0) is 46.6 Å². The summed E-state index contributed by atoms with van der Waals surface area (Å²) in [4.78, 5) is 0. The van der Waals surface area contributed by atoms with Crippen molar-refractivity contribution in [1.29, 1.82) is 0 Å². The van der Waals surface area contributed by atoms with Gasteiger partial charge in [0.25, 0.3) is 0 Å². The smallest absolute Gasteiger partial charge is 0.398 e. The second kappa shape index (κ2) is 3.36. The van der Waals surface area contributed by atoms with E-state index in [4.69, 9.17) is 9.31 Å². The molecule has 2 heterocycles. The third-order valence-corrected chi connectivity index (χ3v) is 4.04. The van der Waals surface area contributed by atoms with Gasteiger partial charge in [-0.1, -0.05) is 0 Å². The average molecular weight is 234 g/mol. The number of hydrogen-bond acceptors (Lipinski definition) is 3. The van der Waals surface area contributed by atoms with E-state index >= 15 is 0 Å². The van der Waals surface area contributed by atoms with E-state index < -0.39 is 0 Å². The summed E-state index contributed by atoms with van der Waals surface area (Å²) in [5.41, 5.74) is 0.303. The quantitative estimate of drug-likeness (QED) is 0.728. The van der Waals surface area contributed by atoms with Crippen molar-refractivity contribution in [3.05, 3.63) is 12.3 Å². The van der Waals surface area contributed by atoms with Gasteiger partial charge in [0.2, 0.25) is 0 Å². The molecule has 0 spiro atoms. The van der Waals surface area contributed by atoms with E-state index in [1.807, 2.05) is 16.9 Å². The van der Waals surface area contributed by atoms with Gasteiger partial charge in [0.1, 0.15) is 0 Å². The molecular weight excluding hydrogens is 215 g/mol. The van der Waals surface area contributed by atoms with E-state index in [1.165, 1.54) is 12.8 Å². The molecule has 2 fully saturated rings. The zero-order valence-corrected chi connectivity index (χ0v) is 10.9. The van der Waals surface area contributed by atoms with Gasteiger partial charge in [-0.25, -0.2) is 0 Å². The predicted octanol–water partition coefficient (Wildman–Crippen LogP) is 1.52. The monoisotopic (exact) mass is 234 g/mol. The third-order valence-electron chi connectivity index (χ3n) is 4.04. The fraction of sp³-hybridized carbons (Fsp3) is 0.750. The highest BCUT2D eigenvalue weighted by Crippen LogP contribution is 2.37. The highest BCUT2D eigenvalue weighted by molar-refractivity contribution is 6.61. The maximum atomic E-state index is 5.97. The molecular formula is C12H19BN2O2. The van der Waals surface area contributed by atoms with Crippen LogP contribution < -0.4 is 5.59 Å². The van der Waals surface area contributed by atoms with E-state index in [0.717, 1.165) is 5.59 Å². The van der Waals surface area contributed by atoms with Crippen LogP contribution in [0.3, 0.4) is 0 Å². The van der Waals surface area contributed by atoms with Gasteiger partial charge in [0.05, 0.1) is 22.8 Å². The fourth-order valence-corrected chi connectivity index (χ4v) is 1.98. The maximum Gasteiger partial charge on any atom is 0.516 e. The molecule has 1 aliphatic heterocycles. The van der Waals surface area contributed by atoms with E-state index in [1.54, 1.807) is 0 Å². The minimum atomic E-state index is -0.333. The SMILES string of the molecule is CC1(C)OB(c2ccn(C3CC3)n2)OC1(C)C. The number of aromatic nitrogens is 2. The van der Waals surface area contributed by atoms with Crippen molar-refractivity contribution in [3.63, 3.8) is 0 Å². The summed E-state index contributed by atoms with van der Waals surface area (Å²) < 4.78 is 14.0. The second-order valence-electron chi connectivity index (χ2n) is 6.04. The Morgan fingerprint density at radius 1 is 1.24 bits per heavy atom. The minimum Gasteiger partial charge on any atom is -0.398 e. The lowest BCUT2D eigenvalue weighted by atomic mass is 9.85. The van der Waals surface area contributed by atoms with Crippen molar-refractivity contribution in [3.8, 4) is 0 Å². The van der Waals surface area contributed by atoms with Crippen LogP contribution in [-0.2, 0) is 9.31 Å². The van der Waals surface area contributed by atoms with E-state index in [0.29, 0.717) is 6.04 Å². The summed E-state index contributed by atoms with van der Waals surface area (Å²) in [5.74, 6) is 0. The van der Waals surface area contributed by atoms with Crippen LogP contribution in [-0.4, -0.2) is 28.1 Å². The van der Waals surface area contributed by atoms with Crippen LogP contribution in [0.2, 0.25) is 0 Å². The molecule has 1 aromatic rings. The van der Waals surface area contributed by atoms with Crippen LogP contribution in [0.25, 0.3) is 0 Å². The van der Waals surface area contributed by atoms with Crippen molar-refractivity contribution in [2.45, 2.75) is 57.8 Å². The third kappa shape index (κ3) is 1.81. The standard InChI is InChI=1S/C12H19BN2O2/c1-11(2)12(3,4)17-13(16-11)10-7-8-15(14-10)9-5-6-9/h7-9H,5-6H2,1-4H3. The molecule has 3 rings (SSSR count). The molecule has 0 bridgehead atoms. The van der Waals surface area contributed by atoms with E-state index in [-0.39, 0.29) is 18.3 Å². The van der Waals surface area contributed by atoms with Crippen molar-refractivity contribution in [2.24, 2.45) is 0 Å². The fourth-order valence-electron chi connectivity index (χ4n) is 1.98. The van der Waals surface area contributed by atoms with Gasteiger partial charge in [-0.2, -0.15) is 5.10 Å². The largest absolute Gasteiger partial charge is 0.516 e. The van der Waals surface area contributed by atoms with Crippen LogP contribution in [0.5, 0.6) is 0 Å². The highest BCUT2D eigenvalue weighted by Gasteiger charge is 2.52. The molecule has 1 aliphatic carbocycles. The predicted molar refractivity (Wildman–Crippen MR) is 66.2 cm³/mol. The molecule has 1 saturated carbocycles. The Kier molecular flexibility index (Phi) is 2.23. The van der Waals surface area contributed by atoms with Gasteiger partial charge >= 0.3 is 7.12 Å². The van der Waals surface area contributed by atoms with Crippen LogP contribution in [0.15, 0.2) is 12.3 Å². The Hall–Kier alpha value is -0.805. The molecule has 4 nitrogen and oxygen atoms in total. The van der Waals surface area contributed by atoms with Crippen molar-refractivity contribution >= 4 is 12.7 Å². The summed E-state index contributed by atoms with van der Waals surface area (Å²) in [6.45, 7) is 8.24. The molecule has 5 heteroatoms. The van der Waals surface area contributed by atoms with Gasteiger partial charge in [0, 0.05) is 6.20 Å². The summed E-state index contributed by atoms with van der Waals surface area (Å²) in [6.07, 6.45) is 4.51. The lowest BCUT2D eigenvalue weighted by Crippen LogP contribution is -2.41. The number of hydrogen-bond donors (Lipinski definition) is 0. The van der Waals surface area contributed by atoms with Crippen LogP contribution >= 0.6 is 0 Å². The molecule has 92 valence electrons. The van der Waals surface area contributed by atoms with Crippen LogP contribution in [0.1, 0.15) is 46.6 Å². The molecule has 0 amide bonds. The first-order chi connectivity index (χ1) is 7.89. The van der Waals surface area contributed by atoms with Crippen LogP contribution in [0.4, 0.5) is 0 Å². The average Bonchev–Trinajstić information content (AvgIpc) is 2.89.